The molecular weight excluding hydrogens is 360 g/mol. The summed E-state index contributed by atoms with van der Waals surface area (Å²) >= 11 is 0. The van der Waals surface area contributed by atoms with Crippen LogP contribution < -0.4 is 5.32 Å². The molecular formula is C21H26N2O3S. The van der Waals surface area contributed by atoms with Gasteiger partial charge in [0.05, 0.1) is 4.90 Å². The zero-order chi connectivity index (χ0) is 19.6. The number of hydrogen-bond acceptors (Lipinski definition) is 3. The Bertz CT molecular complexity index is 946. The lowest BCUT2D eigenvalue weighted by molar-refractivity contribution is -0.120. The molecule has 6 heteroatoms. The average molecular weight is 387 g/mol. The van der Waals surface area contributed by atoms with Gasteiger partial charge < -0.3 is 5.32 Å². The van der Waals surface area contributed by atoms with Crippen molar-refractivity contribution in [3.05, 3.63) is 59.2 Å². The predicted molar refractivity (Wildman–Crippen MR) is 107 cm³/mol. The van der Waals surface area contributed by atoms with Gasteiger partial charge in [0.15, 0.2) is 0 Å². The van der Waals surface area contributed by atoms with Crippen molar-refractivity contribution in [3.63, 3.8) is 0 Å². The van der Waals surface area contributed by atoms with Crippen molar-refractivity contribution in [3.8, 4) is 0 Å². The van der Waals surface area contributed by atoms with E-state index in [1.807, 2.05) is 57.2 Å². The fourth-order valence-electron chi connectivity index (χ4n) is 3.43. The van der Waals surface area contributed by atoms with Gasteiger partial charge in [0.25, 0.3) is 0 Å². The molecule has 2 aromatic carbocycles. The van der Waals surface area contributed by atoms with E-state index in [0.29, 0.717) is 30.8 Å². The van der Waals surface area contributed by atoms with Crippen molar-refractivity contribution in [1.29, 1.82) is 0 Å². The Labute approximate surface area is 161 Å². The highest BCUT2D eigenvalue weighted by Gasteiger charge is 2.33. The first-order chi connectivity index (χ1) is 12.8. The summed E-state index contributed by atoms with van der Waals surface area (Å²) < 4.78 is 27.5. The van der Waals surface area contributed by atoms with Gasteiger partial charge in [-0.2, -0.15) is 4.31 Å². The maximum Gasteiger partial charge on any atom is 0.243 e. The van der Waals surface area contributed by atoms with E-state index in [0.717, 1.165) is 22.4 Å². The highest BCUT2D eigenvalue weighted by molar-refractivity contribution is 7.89. The van der Waals surface area contributed by atoms with Crippen LogP contribution in [0, 0.1) is 26.7 Å². The summed E-state index contributed by atoms with van der Waals surface area (Å²) in [5.74, 6) is -0.206. The van der Waals surface area contributed by atoms with E-state index in [-0.39, 0.29) is 11.8 Å². The van der Waals surface area contributed by atoms with Crippen LogP contribution in [0.3, 0.4) is 0 Å². The molecule has 1 fully saturated rings. The van der Waals surface area contributed by atoms with E-state index < -0.39 is 10.0 Å². The molecule has 1 amide bonds. The Morgan fingerprint density at radius 2 is 1.67 bits per heavy atom. The lowest BCUT2D eigenvalue weighted by Crippen LogP contribution is -2.41. The van der Waals surface area contributed by atoms with E-state index >= 15 is 0 Å². The molecule has 0 aromatic heterocycles. The molecule has 1 saturated heterocycles. The van der Waals surface area contributed by atoms with E-state index in [2.05, 4.69) is 5.32 Å². The van der Waals surface area contributed by atoms with Crippen LogP contribution in [0.2, 0.25) is 0 Å². The summed E-state index contributed by atoms with van der Waals surface area (Å²) in [4.78, 5) is 12.9. The fraction of sp³-hybridized carbons (Fsp3) is 0.381. The van der Waals surface area contributed by atoms with Gasteiger partial charge in [0.1, 0.15) is 0 Å². The number of aryl methyl sites for hydroxylation is 3. The SMILES string of the molecule is Cc1ccc(C)c(S(=O)(=O)N2CCC(C(=O)Nc3ccccc3C)CC2)c1. The van der Waals surface area contributed by atoms with Gasteiger partial charge in [0.2, 0.25) is 15.9 Å². The molecule has 0 spiro atoms. The van der Waals surface area contributed by atoms with Crippen molar-refractivity contribution < 1.29 is 13.2 Å². The second-order valence-electron chi connectivity index (χ2n) is 7.25. The number of para-hydroxylation sites is 1. The van der Waals surface area contributed by atoms with Crippen molar-refractivity contribution >= 4 is 21.6 Å². The normalized spacial score (nSPS) is 16.3. The van der Waals surface area contributed by atoms with Crippen molar-refractivity contribution in [1.82, 2.24) is 4.31 Å². The number of anilines is 1. The average Bonchev–Trinajstić information content (AvgIpc) is 2.65. The van der Waals surface area contributed by atoms with Crippen LogP contribution in [0.25, 0.3) is 0 Å². The Balaban J connectivity index is 1.67. The first-order valence-corrected chi connectivity index (χ1v) is 10.7. The minimum atomic E-state index is -3.53. The minimum Gasteiger partial charge on any atom is -0.326 e. The standard InChI is InChI=1S/C21H26N2O3S/c1-15-8-9-17(3)20(14-15)27(25,26)23-12-10-18(11-13-23)21(24)22-19-7-5-4-6-16(19)2/h4-9,14,18H,10-13H2,1-3H3,(H,22,24). The molecule has 1 heterocycles. The van der Waals surface area contributed by atoms with Gasteiger partial charge in [-0.3, -0.25) is 4.79 Å². The molecule has 3 rings (SSSR count). The Hall–Kier alpha value is -2.18. The van der Waals surface area contributed by atoms with Gasteiger partial charge in [-0.15, -0.1) is 0 Å². The molecule has 1 aliphatic heterocycles. The summed E-state index contributed by atoms with van der Waals surface area (Å²) in [6, 6.07) is 13.1. The highest BCUT2D eigenvalue weighted by atomic mass is 32.2. The summed E-state index contributed by atoms with van der Waals surface area (Å²) in [7, 11) is -3.53. The molecule has 0 saturated carbocycles. The lowest BCUT2D eigenvalue weighted by atomic mass is 9.97. The number of nitrogens with one attached hydrogen (secondary N) is 1. The summed E-state index contributed by atoms with van der Waals surface area (Å²) in [5.41, 5.74) is 3.50. The smallest absolute Gasteiger partial charge is 0.243 e. The number of sulfonamides is 1. The number of hydrogen-bond donors (Lipinski definition) is 1. The van der Waals surface area contributed by atoms with E-state index in [1.165, 1.54) is 4.31 Å². The zero-order valence-corrected chi connectivity index (χ0v) is 16.8. The van der Waals surface area contributed by atoms with Crippen LogP contribution in [0.1, 0.15) is 29.5 Å². The molecule has 144 valence electrons. The number of rotatable bonds is 4. The minimum absolute atomic E-state index is 0.0342. The van der Waals surface area contributed by atoms with Gasteiger partial charge in [0, 0.05) is 24.7 Å². The topological polar surface area (TPSA) is 66.5 Å². The second-order valence-corrected chi connectivity index (χ2v) is 9.16. The molecule has 0 radical (unpaired) electrons. The molecule has 2 aromatic rings. The van der Waals surface area contributed by atoms with Gasteiger partial charge in [-0.25, -0.2) is 8.42 Å². The molecule has 27 heavy (non-hydrogen) atoms. The van der Waals surface area contributed by atoms with E-state index in [4.69, 9.17) is 0 Å². The first kappa shape index (κ1) is 19.6. The number of piperidine rings is 1. The van der Waals surface area contributed by atoms with E-state index in [1.54, 1.807) is 6.07 Å². The number of amides is 1. The second kappa shape index (κ2) is 7.82. The quantitative estimate of drug-likeness (QED) is 0.872. The van der Waals surface area contributed by atoms with Crippen LogP contribution in [-0.4, -0.2) is 31.7 Å². The van der Waals surface area contributed by atoms with Gasteiger partial charge >= 0.3 is 0 Å². The van der Waals surface area contributed by atoms with Crippen LogP contribution in [0.4, 0.5) is 5.69 Å². The third kappa shape index (κ3) is 4.22. The molecule has 0 bridgehead atoms. The third-order valence-electron chi connectivity index (χ3n) is 5.19. The fourth-order valence-corrected chi connectivity index (χ4v) is 5.21. The number of nitrogens with zero attached hydrogens (tertiary/aromatic N) is 1. The summed E-state index contributed by atoms with van der Waals surface area (Å²) in [6.07, 6.45) is 1.06. The maximum absolute atomic E-state index is 13.0. The predicted octanol–water partition coefficient (Wildman–Crippen LogP) is 3.65. The van der Waals surface area contributed by atoms with Crippen LogP contribution in [-0.2, 0) is 14.8 Å². The lowest BCUT2D eigenvalue weighted by Gasteiger charge is -2.31. The van der Waals surface area contributed by atoms with Crippen LogP contribution in [0.5, 0.6) is 0 Å². The third-order valence-corrected chi connectivity index (χ3v) is 7.23. The van der Waals surface area contributed by atoms with Crippen LogP contribution in [0.15, 0.2) is 47.4 Å². The monoisotopic (exact) mass is 386 g/mol. The van der Waals surface area contributed by atoms with Gasteiger partial charge in [-0.1, -0.05) is 30.3 Å². The summed E-state index contributed by atoms with van der Waals surface area (Å²) in [5, 5.41) is 2.97. The Morgan fingerprint density at radius 1 is 1.00 bits per heavy atom. The number of benzene rings is 2. The maximum atomic E-state index is 13.0. The molecule has 0 unspecified atom stereocenters. The number of carbonyl (C=O) groups excluding carboxylic acids is 1. The summed E-state index contributed by atoms with van der Waals surface area (Å²) in [6.45, 7) is 6.38. The zero-order valence-electron chi connectivity index (χ0n) is 16.0. The molecule has 0 aliphatic carbocycles. The Kier molecular flexibility index (Phi) is 5.67. The molecule has 5 nitrogen and oxygen atoms in total. The van der Waals surface area contributed by atoms with Crippen molar-refractivity contribution in [2.45, 2.75) is 38.5 Å². The van der Waals surface area contributed by atoms with Crippen LogP contribution >= 0.6 is 0 Å². The van der Waals surface area contributed by atoms with Crippen molar-refractivity contribution in [2.75, 3.05) is 18.4 Å². The largest absolute Gasteiger partial charge is 0.326 e. The van der Waals surface area contributed by atoms with Crippen molar-refractivity contribution in [2.24, 2.45) is 5.92 Å². The molecule has 1 N–H and O–H groups in total. The molecule has 1 aliphatic rings. The Morgan fingerprint density at radius 3 is 2.33 bits per heavy atom. The van der Waals surface area contributed by atoms with Gasteiger partial charge in [-0.05, 0) is 62.4 Å². The highest BCUT2D eigenvalue weighted by Crippen LogP contribution is 2.27. The molecule has 0 atom stereocenters. The number of carbonyl (C=O) groups is 1. The first-order valence-electron chi connectivity index (χ1n) is 9.23. The van der Waals surface area contributed by atoms with E-state index in [9.17, 15) is 13.2 Å².